The monoisotopic (exact) mass is 260 g/mol. The molecule has 1 aromatic rings. The number of carbonyl (C=O) groups excluding carboxylic acids is 1. The molecule has 1 aliphatic heterocycles. The average molecular weight is 260 g/mol. The maximum Gasteiger partial charge on any atom is 0.177 e. The lowest BCUT2D eigenvalue weighted by Gasteiger charge is -2.37. The molecule has 19 heavy (non-hydrogen) atoms. The summed E-state index contributed by atoms with van der Waals surface area (Å²) in [7, 11) is 2.14. The molecule has 3 nitrogen and oxygen atoms in total. The quantitative estimate of drug-likeness (QED) is 0.778. The Morgan fingerprint density at radius 2 is 2.05 bits per heavy atom. The van der Waals surface area contributed by atoms with E-state index in [1.165, 1.54) is 5.56 Å². The van der Waals surface area contributed by atoms with Crippen LogP contribution in [0.4, 0.5) is 0 Å². The number of carbonyl (C=O) groups is 1. The van der Waals surface area contributed by atoms with Gasteiger partial charge in [0.05, 0.1) is 6.54 Å². The fraction of sp³-hybridized carbons (Fsp3) is 0.562. The molecule has 104 valence electrons. The number of nitrogens with zero attached hydrogens (tertiary/aromatic N) is 2. The normalized spacial score (nSPS) is 21.6. The molecule has 0 aromatic heterocycles. The molecule has 3 heteroatoms. The Bertz CT molecular complexity index is 470. The van der Waals surface area contributed by atoms with Gasteiger partial charge in [0.1, 0.15) is 0 Å². The Morgan fingerprint density at radius 3 is 2.68 bits per heavy atom. The summed E-state index contributed by atoms with van der Waals surface area (Å²) in [6, 6.07) is 6.52. The molecule has 1 fully saturated rings. The number of benzene rings is 1. The lowest BCUT2D eigenvalue weighted by Crippen LogP contribution is -2.51. The number of aryl methyl sites for hydroxylation is 2. The number of likely N-dealkylation sites (N-methyl/N-ethyl adjacent to an activating group) is 1. The van der Waals surface area contributed by atoms with Crippen LogP contribution < -0.4 is 0 Å². The standard InChI is InChI=1S/C16H24N2O/c1-12-5-6-15(13(2)9-12)16(19)11-18-8-7-17(4)10-14(18)3/h5-6,9,14H,7-8,10-11H2,1-4H3. The van der Waals surface area contributed by atoms with Gasteiger partial charge in [0, 0.05) is 31.2 Å². The molecule has 1 aromatic carbocycles. The van der Waals surface area contributed by atoms with E-state index in [1.54, 1.807) is 0 Å². The smallest absolute Gasteiger partial charge is 0.177 e. The highest BCUT2D eigenvalue weighted by Crippen LogP contribution is 2.14. The topological polar surface area (TPSA) is 23.6 Å². The Morgan fingerprint density at radius 1 is 1.32 bits per heavy atom. The Kier molecular flexibility index (Phi) is 4.38. The minimum atomic E-state index is 0.244. The highest BCUT2D eigenvalue weighted by atomic mass is 16.1. The van der Waals surface area contributed by atoms with Gasteiger partial charge in [-0.25, -0.2) is 0 Å². The molecule has 0 spiro atoms. The molecule has 1 unspecified atom stereocenters. The third-order valence-corrected chi connectivity index (χ3v) is 4.00. The van der Waals surface area contributed by atoms with Gasteiger partial charge in [0.15, 0.2) is 5.78 Å². The lowest BCUT2D eigenvalue weighted by molar-refractivity contribution is 0.0747. The van der Waals surface area contributed by atoms with Crippen LogP contribution >= 0.6 is 0 Å². The molecule has 0 aliphatic carbocycles. The number of hydrogen-bond donors (Lipinski definition) is 0. The second-order valence-electron chi connectivity index (χ2n) is 5.82. The maximum absolute atomic E-state index is 12.4. The lowest BCUT2D eigenvalue weighted by atomic mass is 10.0. The van der Waals surface area contributed by atoms with Gasteiger partial charge in [-0.05, 0) is 33.4 Å². The van der Waals surface area contributed by atoms with E-state index in [0.717, 1.165) is 30.8 Å². The van der Waals surface area contributed by atoms with Crippen molar-refractivity contribution >= 4 is 5.78 Å². The number of rotatable bonds is 3. The minimum Gasteiger partial charge on any atom is -0.304 e. The average Bonchev–Trinajstić information content (AvgIpc) is 2.32. The van der Waals surface area contributed by atoms with Gasteiger partial charge in [-0.1, -0.05) is 23.8 Å². The molecule has 0 N–H and O–H groups in total. The third kappa shape index (κ3) is 3.43. The van der Waals surface area contributed by atoms with Crippen molar-refractivity contribution in [3.8, 4) is 0 Å². The van der Waals surface area contributed by atoms with Crippen LogP contribution in [-0.4, -0.2) is 54.9 Å². The molecule has 0 bridgehead atoms. The summed E-state index contributed by atoms with van der Waals surface area (Å²) < 4.78 is 0. The van der Waals surface area contributed by atoms with Gasteiger partial charge in [-0.3, -0.25) is 9.69 Å². The highest BCUT2D eigenvalue weighted by Gasteiger charge is 2.24. The van der Waals surface area contributed by atoms with E-state index in [2.05, 4.69) is 36.8 Å². The molecule has 0 amide bonds. The first-order valence-electron chi connectivity index (χ1n) is 7.00. The largest absolute Gasteiger partial charge is 0.304 e. The van der Waals surface area contributed by atoms with E-state index in [4.69, 9.17) is 0 Å². The van der Waals surface area contributed by atoms with Crippen LogP contribution in [0.5, 0.6) is 0 Å². The van der Waals surface area contributed by atoms with Gasteiger partial charge < -0.3 is 4.90 Å². The molecule has 1 aliphatic rings. The van der Waals surface area contributed by atoms with Crippen LogP contribution in [-0.2, 0) is 0 Å². The summed E-state index contributed by atoms with van der Waals surface area (Å²) in [6.07, 6.45) is 0. The zero-order valence-corrected chi connectivity index (χ0v) is 12.4. The molecule has 1 heterocycles. The predicted molar refractivity (Wildman–Crippen MR) is 78.8 cm³/mol. The van der Waals surface area contributed by atoms with Gasteiger partial charge in [-0.15, -0.1) is 0 Å². The number of ketones is 1. The van der Waals surface area contributed by atoms with Crippen molar-refractivity contribution in [1.29, 1.82) is 0 Å². The molecule has 0 saturated carbocycles. The fourth-order valence-electron chi connectivity index (χ4n) is 2.81. The summed E-state index contributed by atoms with van der Waals surface area (Å²) in [5.41, 5.74) is 3.17. The minimum absolute atomic E-state index is 0.244. The van der Waals surface area contributed by atoms with Crippen LogP contribution in [0.25, 0.3) is 0 Å². The van der Waals surface area contributed by atoms with Crippen LogP contribution in [0.1, 0.15) is 28.4 Å². The van der Waals surface area contributed by atoms with Gasteiger partial charge >= 0.3 is 0 Å². The van der Waals surface area contributed by atoms with Gasteiger partial charge in [0.2, 0.25) is 0 Å². The maximum atomic E-state index is 12.4. The van der Waals surface area contributed by atoms with Crippen molar-refractivity contribution in [3.63, 3.8) is 0 Å². The number of Topliss-reactive ketones (excluding diaryl/α,β-unsaturated/α-hetero) is 1. The van der Waals surface area contributed by atoms with E-state index in [-0.39, 0.29) is 5.78 Å². The first-order valence-corrected chi connectivity index (χ1v) is 7.00. The molecule has 1 atom stereocenters. The summed E-state index contributed by atoms with van der Waals surface area (Å²) in [5, 5.41) is 0. The highest BCUT2D eigenvalue weighted by molar-refractivity contribution is 5.99. The van der Waals surface area contributed by atoms with Crippen LogP contribution in [0, 0.1) is 13.8 Å². The van der Waals surface area contributed by atoms with Crippen molar-refractivity contribution in [2.75, 3.05) is 33.2 Å². The van der Waals surface area contributed by atoms with E-state index < -0.39 is 0 Å². The summed E-state index contributed by atoms with van der Waals surface area (Å²) >= 11 is 0. The van der Waals surface area contributed by atoms with Crippen molar-refractivity contribution < 1.29 is 4.79 Å². The van der Waals surface area contributed by atoms with Crippen LogP contribution in [0.15, 0.2) is 18.2 Å². The van der Waals surface area contributed by atoms with Crippen molar-refractivity contribution in [2.45, 2.75) is 26.8 Å². The van der Waals surface area contributed by atoms with E-state index in [1.807, 2.05) is 19.1 Å². The number of hydrogen-bond acceptors (Lipinski definition) is 3. The molecular weight excluding hydrogens is 236 g/mol. The van der Waals surface area contributed by atoms with Gasteiger partial charge in [-0.2, -0.15) is 0 Å². The van der Waals surface area contributed by atoms with Crippen LogP contribution in [0.2, 0.25) is 0 Å². The summed E-state index contributed by atoms with van der Waals surface area (Å²) in [5.74, 6) is 0.244. The molecular formula is C16H24N2O. The Hall–Kier alpha value is -1.19. The molecule has 2 rings (SSSR count). The predicted octanol–water partition coefficient (Wildman–Crippen LogP) is 2.12. The van der Waals surface area contributed by atoms with Gasteiger partial charge in [0.25, 0.3) is 0 Å². The van der Waals surface area contributed by atoms with E-state index >= 15 is 0 Å². The SMILES string of the molecule is Cc1ccc(C(=O)CN2CCN(C)CC2C)c(C)c1. The van der Waals surface area contributed by atoms with E-state index in [0.29, 0.717) is 12.6 Å². The van der Waals surface area contributed by atoms with Crippen molar-refractivity contribution in [2.24, 2.45) is 0 Å². The summed E-state index contributed by atoms with van der Waals surface area (Å²) in [4.78, 5) is 17.0. The molecule has 0 radical (unpaired) electrons. The fourth-order valence-corrected chi connectivity index (χ4v) is 2.81. The van der Waals surface area contributed by atoms with E-state index in [9.17, 15) is 4.79 Å². The second kappa shape index (κ2) is 5.85. The molecule has 1 saturated heterocycles. The van der Waals surface area contributed by atoms with Crippen molar-refractivity contribution in [3.05, 3.63) is 34.9 Å². The van der Waals surface area contributed by atoms with Crippen molar-refractivity contribution in [1.82, 2.24) is 9.80 Å². The number of piperazine rings is 1. The Labute approximate surface area is 116 Å². The second-order valence-corrected chi connectivity index (χ2v) is 5.82. The Balaban J connectivity index is 2.04. The first-order chi connectivity index (χ1) is 8.97. The first kappa shape index (κ1) is 14.2. The summed E-state index contributed by atoms with van der Waals surface area (Å²) in [6.45, 7) is 9.89. The zero-order chi connectivity index (χ0) is 14.0. The van der Waals surface area contributed by atoms with Crippen LogP contribution in [0.3, 0.4) is 0 Å². The third-order valence-electron chi connectivity index (χ3n) is 4.00. The zero-order valence-electron chi connectivity index (χ0n) is 12.4.